The number of benzene rings is 2. The van der Waals surface area contributed by atoms with Gasteiger partial charge in [-0.25, -0.2) is 18.0 Å². The van der Waals surface area contributed by atoms with Crippen LogP contribution in [0.1, 0.15) is 75.0 Å². The number of aromatic carboxylic acids is 1. The summed E-state index contributed by atoms with van der Waals surface area (Å²) < 4.78 is 26.8. The standard InChI is InChI=1S/C29H34O7S2/c30-26(29(33)34)27(38(35,36)20-23-18-19-25(37-23)28(31)32)24-17-11-10-16-22(24)15-9-4-2-1-3-6-12-21-13-7-5-8-14-21/h5,7-8,10-11,13-14,16-19,26-27,30H,1-4,6,9,12,15,20H2,(H,31,32)(H,33,34). The van der Waals surface area contributed by atoms with Gasteiger partial charge in [0.05, 0.1) is 5.75 Å². The number of aliphatic hydroxyl groups is 1. The van der Waals surface area contributed by atoms with Gasteiger partial charge in [-0.15, -0.1) is 11.3 Å². The van der Waals surface area contributed by atoms with E-state index < -0.39 is 38.9 Å². The van der Waals surface area contributed by atoms with Crippen molar-refractivity contribution in [3.05, 3.63) is 93.2 Å². The van der Waals surface area contributed by atoms with Crippen LogP contribution in [0, 0.1) is 0 Å². The average molecular weight is 559 g/mol. The fraction of sp³-hybridized carbons (Fsp3) is 0.379. The van der Waals surface area contributed by atoms with Crippen molar-refractivity contribution >= 4 is 33.1 Å². The first-order valence-corrected chi connectivity index (χ1v) is 15.3. The Balaban J connectivity index is 1.62. The van der Waals surface area contributed by atoms with Gasteiger partial charge >= 0.3 is 11.9 Å². The van der Waals surface area contributed by atoms with Crippen molar-refractivity contribution in [3.63, 3.8) is 0 Å². The molecule has 0 bridgehead atoms. The molecule has 204 valence electrons. The van der Waals surface area contributed by atoms with E-state index in [2.05, 4.69) is 24.3 Å². The first-order chi connectivity index (χ1) is 18.2. The van der Waals surface area contributed by atoms with Gasteiger partial charge in [0.1, 0.15) is 10.1 Å². The van der Waals surface area contributed by atoms with E-state index in [9.17, 15) is 28.2 Å². The predicted octanol–water partition coefficient (Wildman–Crippen LogP) is 5.67. The molecule has 0 amide bonds. The van der Waals surface area contributed by atoms with Crippen LogP contribution in [-0.4, -0.2) is 41.8 Å². The molecule has 9 heteroatoms. The summed E-state index contributed by atoms with van der Waals surface area (Å²) in [5, 5.41) is 27.5. The van der Waals surface area contributed by atoms with E-state index in [4.69, 9.17) is 5.11 Å². The molecule has 0 aliphatic rings. The molecule has 0 aliphatic heterocycles. The molecule has 38 heavy (non-hydrogen) atoms. The highest BCUT2D eigenvalue weighted by Crippen LogP contribution is 2.34. The van der Waals surface area contributed by atoms with Crippen LogP contribution in [0.3, 0.4) is 0 Å². The Kier molecular flexibility index (Phi) is 11.1. The molecule has 0 saturated carbocycles. The summed E-state index contributed by atoms with van der Waals surface area (Å²) in [7, 11) is -4.19. The van der Waals surface area contributed by atoms with Gasteiger partial charge in [0.2, 0.25) is 0 Å². The van der Waals surface area contributed by atoms with Crippen molar-refractivity contribution in [2.45, 2.75) is 68.5 Å². The van der Waals surface area contributed by atoms with Gasteiger partial charge in [0.15, 0.2) is 15.9 Å². The number of unbranched alkanes of at least 4 members (excludes halogenated alkanes) is 5. The number of aliphatic hydroxyl groups excluding tert-OH is 1. The van der Waals surface area contributed by atoms with Crippen LogP contribution >= 0.6 is 11.3 Å². The number of carbonyl (C=O) groups is 2. The van der Waals surface area contributed by atoms with Crippen LogP contribution in [0.4, 0.5) is 0 Å². The first-order valence-electron chi connectivity index (χ1n) is 12.7. The van der Waals surface area contributed by atoms with Gasteiger partial charge in [0.25, 0.3) is 0 Å². The van der Waals surface area contributed by atoms with Gasteiger partial charge in [-0.2, -0.15) is 0 Å². The second-order valence-electron chi connectivity index (χ2n) is 9.39. The third-order valence-corrected chi connectivity index (χ3v) is 9.76. The molecule has 2 aromatic carbocycles. The van der Waals surface area contributed by atoms with Crippen LogP contribution in [0.15, 0.2) is 66.7 Å². The van der Waals surface area contributed by atoms with E-state index in [0.29, 0.717) is 12.0 Å². The van der Waals surface area contributed by atoms with E-state index in [-0.39, 0.29) is 15.3 Å². The lowest BCUT2D eigenvalue weighted by atomic mass is 9.96. The number of hydrogen-bond acceptors (Lipinski definition) is 6. The number of hydrogen-bond donors (Lipinski definition) is 3. The third kappa shape index (κ3) is 8.51. The molecule has 0 radical (unpaired) electrons. The summed E-state index contributed by atoms with van der Waals surface area (Å²) in [5.41, 5.74) is 2.32. The van der Waals surface area contributed by atoms with Crippen molar-refractivity contribution in [2.75, 3.05) is 0 Å². The molecule has 3 rings (SSSR count). The quantitative estimate of drug-likeness (QED) is 0.193. The highest BCUT2D eigenvalue weighted by molar-refractivity contribution is 7.91. The lowest BCUT2D eigenvalue weighted by molar-refractivity contribution is -0.146. The minimum atomic E-state index is -4.19. The summed E-state index contributed by atoms with van der Waals surface area (Å²) in [6.07, 6.45) is 5.72. The summed E-state index contributed by atoms with van der Waals surface area (Å²) in [5.74, 6) is -3.35. The molecule has 0 aliphatic carbocycles. The van der Waals surface area contributed by atoms with Gasteiger partial charge in [0, 0.05) is 4.88 Å². The highest BCUT2D eigenvalue weighted by atomic mass is 32.2. The molecule has 1 aromatic heterocycles. The zero-order valence-corrected chi connectivity index (χ0v) is 22.8. The molecule has 7 nitrogen and oxygen atoms in total. The molecule has 2 unspecified atom stereocenters. The molecule has 0 fully saturated rings. The lowest BCUT2D eigenvalue weighted by Crippen LogP contribution is -2.34. The maximum Gasteiger partial charge on any atom is 0.345 e. The van der Waals surface area contributed by atoms with E-state index in [1.807, 2.05) is 6.07 Å². The third-order valence-electron chi connectivity index (χ3n) is 6.51. The van der Waals surface area contributed by atoms with Gasteiger partial charge < -0.3 is 15.3 Å². The molecule has 1 heterocycles. The van der Waals surface area contributed by atoms with Crippen LogP contribution < -0.4 is 0 Å². The monoisotopic (exact) mass is 558 g/mol. The molecule has 2 atom stereocenters. The maximum absolute atomic E-state index is 13.4. The van der Waals surface area contributed by atoms with Crippen LogP contribution in [0.2, 0.25) is 0 Å². The average Bonchev–Trinajstić information content (AvgIpc) is 3.35. The Labute approximate surface area is 227 Å². The van der Waals surface area contributed by atoms with Gasteiger partial charge in [-0.1, -0.05) is 80.3 Å². The van der Waals surface area contributed by atoms with E-state index in [0.717, 1.165) is 56.3 Å². The normalized spacial score (nSPS) is 13.2. The fourth-order valence-corrected chi connectivity index (χ4v) is 7.75. The lowest BCUT2D eigenvalue weighted by Gasteiger charge is -2.23. The number of carboxylic acid groups (broad SMARTS) is 2. The summed E-state index contributed by atoms with van der Waals surface area (Å²) in [6, 6.07) is 19.9. The van der Waals surface area contributed by atoms with E-state index in [1.165, 1.54) is 17.7 Å². The number of aliphatic carboxylic acids is 1. The number of thiophene rings is 1. The zero-order chi connectivity index (χ0) is 27.5. The molecule has 0 spiro atoms. The smallest absolute Gasteiger partial charge is 0.345 e. The van der Waals surface area contributed by atoms with Crippen molar-refractivity contribution in [2.24, 2.45) is 0 Å². The van der Waals surface area contributed by atoms with Crippen molar-refractivity contribution in [1.29, 1.82) is 0 Å². The van der Waals surface area contributed by atoms with Gasteiger partial charge in [-0.3, -0.25) is 0 Å². The largest absolute Gasteiger partial charge is 0.479 e. The fourth-order valence-electron chi connectivity index (χ4n) is 4.58. The number of sulfone groups is 1. The Morgan fingerprint density at radius 3 is 2.00 bits per heavy atom. The van der Waals surface area contributed by atoms with Crippen LogP contribution in [0.25, 0.3) is 0 Å². The number of aryl methyl sites for hydroxylation is 2. The molecule has 0 saturated heterocycles. The van der Waals surface area contributed by atoms with Crippen molar-refractivity contribution in [1.82, 2.24) is 0 Å². The Bertz CT molecular complexity index is 1300. The van der Waals surface area contributed by atoms with Crippen LogP contribution in [0.5, 0.6) is 0 Å². The Morgan fingerprint density at radius 2 is 1.37 bits per heavy atom. The van der Waals surface area contributed by atoms with E-state index >= 15 is 0 Å². The SMILES string of the molecule is O=C(O)c1ccc(CS(=O)(=O)C(c2ccccc2CCCCCCCCc2ccccc2)C(O)C(=O)O)s1. The Hall–Kier alpha value is -3.01. The second-order valence-corrected chi connectivity index (χ2v) is 12.7. The zero-order valence-electron chi connectivity index (χ0n) is 21.2. The maximum atomic E-state index is 13.4. The van der Waals surface area contributed by atoms with Crippen molar-refractivity contribution in [3.8, 4) is 0 Å². The Morgan fingerprint density at radius 1 is 0.763 bits per heavy atom. The summed E-state index contributed by atoms with van der Waals surface area (Å²) in [6.45, 7) is 0. The number of rotatable bonds is 16. The molecular formula is C29H34O7S2. The summed E-state index contributed by atoms with van der Waals surface area (Å²) in [4.78, 5) is 23.1. The highest BCUT2D eigenvalue weighted by Gasteiger charge is 2.39. The van der Waals surface area contributed by atoms with E-state index in [1.54, 1.807) is 24.3 Å². The molecule has 3 N–H and O–H groups in total. The van der Waals surface area contributed by atoms with Crippen molar-refractivity contribution < 1.29 is 33.3 Å². The van der Waals surface area contributed by atoms with Crippen LogP contribution in [-0.2, 0) is 33.2 Å². The molecule has 3 aromatic rings. The number of carboxylic acids is 2. The first kappa shape index (κ1) is 29.5. The topological polar surface area (TPSA) is 129 Å². The second kappa shape index (κ2) is 14.2. The minimum Gasteiger partial charge on any atom is -0.479 e. The van der Waals surface area contributed by atoms with Gasteiger partial charge in [-0.05, 0) is 54.5 Å². The summed E-state index contributed by atoms with van der Waals surface area (Å²) >= 11 is 0.820. The minimum absolute atomic E-state index is 0.00833. The molecular weight excluding hydrogens is 524 g/mol. The predicted molar refractivity (Wildman–Crippen MR) is 148 cm³/mol.